The molecule has 2 aromatic carbocycles. The lowest BCUT2D eigenvalue weighted by Crippen LogP contribution is -2.36. The fourth-order valence-corrected chi connectivity index (χ4v) is 4.48. The summed E-state index contributed by atoms with van der Waals surface area (Å²) < 4.78 is 15.9. The quantitative estimate of drug-likeness (QED) is 0.411. The van der Waals surface area contributed by atoms with E-state index in [0.29, 0.717) is 60.4 Å². The summed E-state index contributed by atoms with van der Waals surface area (Å²) in [6, 6.07) is 14.1. The molecule has 0 saturated carbocycles. The molecule has 174 valence electrons. The van der Waals surface area contributed by atoms with Gasteiger partial charge in [0.05, 0.1) is 11.2 Å². The number of carbonyl (C=O) groups excluding carboxylic acids is 2. The summed E-state index contributed by atoms with van der Waals surface area (Å²) >= 11 is 0. The molecule has 5 rings (SSSR count). The second-order valence-corrected chi connectivity index (χ2v) is 8.49. The monoisotopic (exact) mass is 459 g/mol. The van der Waals surface area contributed by atoms with E-state index in [0.717, 1.165) is 11.1 Å². The van der Waals surface area contributed by atoms with Crippen molar-refractivity contribution in [1.29, 1.82) is 0 Å². The molecule has 0 atom stereocenters. The lowest BCUT2D eigenvalue weighted by molar-refractivity contribution is 0.0729. The zero-order chi connectivity index (χ0) is 23.7. The van der Waals surface area contributed by atoms with Gasteiger partial charge < -0.3 is 25.1 Å². The van der Waals surface area contributed by atoms with Crippen molar-refractivity contribution in [1.82, 2.24) is 19.8 Å². The van der Waals surface area contributed by atoms with Gasteiger partial charge in [-0.2, -0.15) is 0 Å². The van der Waals surface area contributed by atoms with Gasteiger partial charge in [-0.3, -0.25) is 9.59 Å². The first-order valence-corrected chi connectivity index (χ1v) is 11.3. The molecule has 3 heterocycles. The number of nitrogens with one attached hydrogen (secondary N) is 3. The number of rotatable bonds is 6. The lowest BCUT2D eigenvalue weighted by Gasteiger charge is -2.29. The molecule has 34 heavy (non-hydrogen) atoms. The molecule has 0 radical (unpaired) electrons. The van der Waals surface area contributed by atoms with Crippen LogP contribution >= 0.6 is 0 Å². The van der Waals surface area contributed by atoms with Crippen molar-refractivity contribution in [3.8, 4) is 0 Å². The van der Waals surface area contributed by atoms with Crippen molar-refractivity contribution < 1.29 is 14.0 Å². The van der Waals surface area contributed by atoms with Crippen LogP contribution in [0.1, 0.15) is 32.0 Å². The van der Waals surface area contributed by atoms with E-state index in [1.54, 1.807) is 18.0 Å². The number of hydrogen-bond donors (Lipinski definition) is 3. The fourth-order valence-electron chi connectivity index (χ4n) is 4.48. The van der Waals surface area contributed by atoms with Gasteiger partial charge >= 0.3 is 0 Å². The van der Waals surface area contributed by atoms with Crippen molar-refractivity contribution in [2.45, 2.75) is 19.5 Å². The summed E-state index contributed by atoms with van der Waals surface area (Å²) in [4.78, 5) is 30.8. The predicted molar refractivity (Wildman–Crippen MR) is 129 cm³/mol. The first-order valence-electron chi connectivity index (χ1n) is 11.3. The van der Waals surface area contributed by atoms with E-state index < -0.39 is 0 Å². The summed E-state index contributed by atoms with van der Waals surface area (Å²) in [6.45, 7) is 2.23. The van der Waals surface area contributed by atoms with Crippen molar-refractivity contribution in [2.75, 3.05) is 25.5 Å². The van der Waals surface area contributed by atoms with Crippen molar-refractivity contribution in [2.24, 2.45) is 0 Å². The molecule has 7 nitrogen and oxygen atoms in total. The Bertz CT molecular complexity index is 1360. The van der Waals surface area contributed by atoms with Crippen LogP contribution in [0.3, 0.4) is 0 Å². The number of carbonyl (C=O) groups is 2. The summed E-state index contributed by atoms with van der Waals surface area (Å²) in [5.74, 6) is -0.637. The van der Waals surface area contributed by atoms with Crippen LogP contribution in [0, 0.1) is 5.82 Å². The third-order valence-electron chi connectivity index (χ3n) is 6.28. The number of anilines is 1. The van der Waals surface area contributed by atoms with Crippen LogP contribution in [-0.2, 0) is 19.5 Å². The number of halogens is 1. The zero-order valence-corrected chi connectivity index (χ0v) is 18.9. The van der Waals surface area contributed by atoms with Gasteiger partial charge in [0, 0.05) is 56.6 Å². The third-order valence-corrected chi connectivity index (χ3v) is 6.28. The highest BCUT2D eigenvalue weighted by molar-refractivity contribution is 6.01. The fraction of sp³-hybridized carbons (Fsp3) is 0.231. The number of aromatic amines is 1. The number of aromatic nitrogens is 2. The number of benzene rings is 2. The molecule has 0 unspecified atom stereocenters. The Morgan fingerprint density at radius 2 is 1.91 bits per heavy atom. The Morgan fingerprint density at radius 3 is 2.71 bits per heavy atom. The van der Waals surface area contributed by atoms with E-state index in [1.165, 1.54) is 12.1 Å². The Hall–Kier alpha value is -4.07. The molecule has 0 bridgehead atoms. The lowest BCUT2D eigenvalue weighted by atomic mass is 9.97. The van der Waals surface area contributed by atoms with E-state index >= 15 is 0 Å². The molecule has 0 saturated heterocycles. The summed E-state index contributed by atoms with van der Waals surface area (Å²) in [5, 5.41) is 6.55. The molecule has 3 N–H and O–H groups in total. The van der Waals surface area contributed by atoms with E-state index in [4.69, 9.17) is 0 Å². The molecule has 4 aromatic rings. The van der Waals surface area contributed by atoms with Crippen molar-refractivity contribution in [3.63, 3.8) is 0 Å². The topological polar surface area (TPSA) is 82.2 Å². The minimum Gasteiger partial charge on any atom is -0.386 e. The van der Waals surface area contributed by atoms with Gasteiger partial charge in [0.25, 0.3) is 11.8 Å². The Kier molecular flexibility index (Phi) is 5.79. The Morgan fingerprint density at radius 1 is 1.09 bits per heavy atom. The average molecular weight is 460 g/mol. The molecule has 0 fully saturated rings. The molecular formula is C26H26FN5O2. The van der Waals surface area contributed by atoms with Crippen molar-refractivity contribution >= 4 is 28.4 Å². The van der Waals surface area contributed by atoms with Gasteiger partial charge in [0.2, 0.25) is 0 Å². The number of amides is 2. The second kappa shape index (κ2) is 9.05. The van der Waals surface area contributed by atoms with Gasteiger partial charge in [-0.25, -0.2) is 4.39 Å². The smallest absolute Gasteiger partial charge is 0.270 e. The van der Waals surface area contributed by atoms with E-state index in [2.05, 4.69) is 15.6 Å². The van der Waals surface area contributed by atoms with Crippen LogP contribution < -0.4 is 10.6 Å². The predicted octanol–water partition coefficient (Wildman–Crippen LogP) is 3.78. The van der Waals surface area contributed by atoms with Gasteiger partial charge in [0.1, 0.15) is 11.5 Å². The van der Waals surface area contributed by atoms with Gasteiger partial charge in [0.15, 0.2) is 0 Å². The highest BCUT2D eigenvalue weighted by atomic mass is 19.1. The SMILES string of the molecule is CNc1cc(F)cc2cc(C(=O)N3CCc4ccc(C(=O)NCCn5cccc5)cc4C3)[nH]c12. The summed E-state index contributed by atoms with van der Waals surface area (Å²) in [7, 11) is 1.71. The number of H-pyrrole nitrogens is 1. The number of nitrogens with zero attached hydrogens (tertiary/aromatic N) is 2. The van der Waals surface area contributed by atoms with Crippen LogP contribution in [0.2, 0.25) is 0 Å². The highest BCUT2D eigenvalue weighted by Gasteiger charge is 2.24. The van der Waals surface area contributed by atoms with Gasteiger partial charge in [-0.1, -0.05) is 6.07 Å². The second-order valence-electron chi connectivity index (χ2n) is 8.49. The largest absolute Gasteiger partial charge is 0.386 e. The molecule has 2 aromatic heterocycles. The molecule has 2 amide bonds. The van der Waals surface area contributed by atoms with E-state index in [9.17, 15) is 14.0 Å². The average Bonchev–Trinajstić information content (AvgIpc) is 3.52. The minimum atomic E-state index is -0.360. The summed E-state index contributed by atoms with van der Waals surface area (Å²) in [5.41, 5.74) is 4.41. The Balaban J connectivity index is 1.30. The molecule has 0 aliphatic carbocycles. The maximum absolute atomic E-state index is 13.9. The molecule has 0 spiro atoms. The highest BCUT2D eigenvalue weighted by Crippen LogP contribution is 2.27. The van der Waals surface area contributed by atoms with Crippen molar-refractivity contribution in [3.05, 3.63) is 89.1 Å². The van der Waals surface area contributed by atoms with Crippen LogP contribution in [-0.4, -0.2) is 46.4 Å². The molecule has 1 aliphatic rings. The third kappa shape index (κ3) is 4.26. The molecule has 1 aliphatic heterocycles. The van der Waals surface area contributed by atoms with Crippen LogP contribution in [0.25, 0.3) is 10.9 Å². The maximum atomic E-state index is 13.9. The Labute approximate surface area is 196 Å². The van der Waals surface area contributed by atoms with Gasteiger partial charge in [-0.05, 0) is 60.0 Å². The number of hydrogen-bond acceptors (Lipinski definition) is 3. The zero-order valence-electron chi connectivity index (χ0n) is 18.9. The normalized spacial score (nSPS) is 13.1. The number of fused-ring (bicyclic) bond motifs is 2. The minimum absolute atomic E-state index is 0.129. The first kappa shape index (κ1) is 21.8. The van der Waals surface area contributed by atoms with Gasteiger partial charge in [-0.15, -0.1) is 0 Å². The first-order chi connectivity index (χ1) is 16.5. The van der Waals surface area contributed by atoms with Crippen LogP contribution in [0.5, 0.6) is 0 Å². The standard InChI is InChI=1S/C26H26FN5O2/c1-28-22-15-21(27)13-19-14-23(30-24(19)22)26(34)32-10-6-17-4-5-18(12-20(17)16-32)25(33)29-7-11-31-8-2-3-9-31/h2-5,8-9,12-15,28,30H,6-7,10-11,16H2,1H3,(H,29,33). The summed E-state index contributed by atoms with van der Waals surface area (Å²) in [6.07, 6.45) is 4.63. The van der Waals surface area contributed by atoms with E-state index in [1.807, 2.05) is 47.3 Å². The molecular weight excluding hydrogens is 433 g/mol. The molecule has 8 heteroatoms. The maximum Gasteiger partial charge on any atom is 0.270 e. The van der Waals surface area contributed by atoms with Crippen LogP contribution in [0.4, 0.5) is 10.1 Å². The van der Waals surface area contributed by atoms with Crippen LogP contribution in [0.15, 0.2) is 60.9 Å². The van der Waals surface area contributed by atoms with E-state index in [-0.39, 0.29) is 17.6 Å².